The lowest BCUT2D eigenvalue weighted by Crippen LogP contribution is -2.29. The number of carbonyl (C=O) groups is 1. The number of halogens is 1. The molecule has 1 fully saturated rings. The highest BCUT2D eigenvalue weighted by molar-refractivity contribution is 9.10. The first-order valence-corrected chi connectivity index (χ1v) is 8.12. The summed E-state index contributed by atoms with van der Waals surface area (Å²) in [5, 5.41) is 0. The zero-order chi connectivity index (χ0) is 15.5. The molecule has 1 amide bonds. The van der Waals surface area contributed by atoms with E-state index < -0.39 is 0 Å². The normalized spacial score (nSPS) is 18.4. The van der Waals surface area contributed by atoms with Crippen LogP contribution in [-0.4, -0.2) is 13.0 Å². The lowest BCUT2D eigenvalue weighted by atomic mass is 9.76. The number of rotatable bonds is 6. The SMILES string of the molecule is COc1ccc(C(N)CC2(CC(N)=O)CCCC2)c(Br)c1. The highest BCUT2D eigenvalue weighted by atomic mass is 79.9. The standard InChI is InChI=1S/C16H23BrN2O2/c1-21-11-4-5-12(13(17)8-11)14(18)9-16(10-15(19)20)6-2-3-7-16/h4-5,8,14H,2-3,6-7,9-10,18H2,1H3,(H2,19,20). The zero-order valence-corrected chi connectivity index (χ0v) is 14.0. The van der Waals surface area contributed by atoms with Crippen LogP contribution in [0, 0.1) is 5.41 Å². The Kier molecular flexibility index (Phi) is 5.27. The van der Waals surface area contributed by atoms with Crippen molar-refractivity contribution in [3.8, 4) is 5.75 Å². The van der Waals surface area contributed by atoms with Gasteiger partial charge < -0.3 is 16.2 Å². The Labute approximate surface area is 134 Å². The number of primary amides is 1. The molecule has 4 nitrogen and oxygen atoms in total. The van der Waals surface area contributed by atoms with Crippen LogP contribution >= 0.6 is 15.9 Å². The van der Waals surface area contributed by atoms with Gasteiger partial charge in [-0.05, 0) is 42.4 Å². The quantitative estimate of drug-likeness (QED) is 0.822. The maximum absolute atomic E-state index is 11.4. The summed E-state index contributed by atoms with van der Waals surface area (Å²) in [6, 6.07) is 5.71. The highest BCUT2D eigenvalue weighted by Gasteiger charge is 2.37. The number of nitrogens with two attached hydrogens (primary N) is 2. The molecule has 116 valence electrons. The van der Waals surface area contributed by atoms with E-state index >= 15 is 0 Å². The van der Waals surface area contributed by atoms with E-state index in [1.807, 2.05) is 18.2 Å². The van der Waals surface area contributed by atoms with Crippen LogP contribution in [0.5, 0.6) is 5.75 Å². The molecule has 0 heterocycles. The monoisotopic (exact) mass is 354 g/mol. The molecule has 0 spiro atoms. The van der Waals surface area contributed by atoms with Crippen molar-refractivity contribution >= 4 is 21.8 Å². The van der Waals surface area contributed by atoms with E-state index in [0.29, 0.717) is 6.42 Å². The summed E-state index contributed by atoms with van der Waals surface area (Å²) in [6.07, 6.45) is 5.62. The van der Waals surface area contributed by atoms with E-state index in [9.17, 15) is 4.79 Å². The van der Waals surface area contributed by atoms with Crippen molar-refractivity contribution in [2.45, 2.75) is 44.6 Å². The minimum atomic E-state index is -0.224. The van der Waals surface area contributed by atoms with Crippen LogP contribution in [0.1, 0.15) is 50.1 Å². The van der Waals surface area contributed by atoms with E-state index in [4.69, 9.17) is 16.2 Å². The first kappa shape index (κ1) is 16.3. The van der Waals surface area contributed by atoms with Gasteiger partial charge in [-0.25, -0.2) is 0 Å². The van der Waals surface area contributed by atoms with Gasteiger partial charge in [-0.3, -0.25) is 4.79 Å². The van der Waals surface area contributed by atoms with E-state index in [1.54, 1.807) is 7.11 Å². The van der Waals surface area contributed by atoms with Gasteiger partial charge in [-0.1, -0.05) is 34.8 Å². The fourth-order valence-electron chi connectivity index (χ4n) is 3.46. The van der Waals surface area contributed by atoms with Gasteiger partial charge in [0.05, 0.1) is 7.11 Å². The van der Waals surface area contributed by atoms with Crippen molar-refractivity contribution in [1.29, 1.82) is 0 Å². The Morgan fingerprint density at radius 1 is 1.43 bits per heavy atom. The molecule has 1 aliphatic rings. The molecule has 1 aromatic carbocycles. The zero-order valence-electron chi connectivity index (χ0n) is 12.4. The Bertz CT molecular complexity index is 513. The van der Waals surface area contributed by atoms with Gasteiger partial charge in [0.1, 0.15) is 5.75 Å². The fourth-order valence-corrected chi connectivity index (χ4v) is 4.11. The Morgan fingerprint density at radius 3 is 2.62 bits per heavy atom. The minimum absolute atomic E-state index is 0.0232. The van der Waals surface area contributed by atoms with Gasteiger partial charge in [0.25, 0.3) is 0 Å². The largest absolute Gasteiger partial charge is 0.497 e. The van der Waals surface area contributed by atoms with Crippen molar-refractivity contribution in [3.05, 3.63) is 28.2 Å². The molecule has 1 unspecified atom stereocenters. The van der Waals surface area contributed by atoms with Crippen LogP contribution in [-0.2, 0) is 4.79 Å². The van der Waals surface area contributed by atoms with Crippen LogP contribution < -0.4 is 16.2 Å². The van der Waals surface area contributed by atoms with Gasteiger partial charge in [0.15, 0.2) is 0 Å². The third-order valence-corrected chi connectivity index (χ3v) is 5.16. The number of benzene rings is 1. The van der Waals surface area contributed by atoms with Crippen molar-refractivity contribution in [1.82, 2.24) is 0 Å². The van der Waals surface area contributed by atoms with Gasteiger partial charge in [-0.15, -0.1) is 0 Å². The summed E-state index contributed by atoms with van der Waals surface area (Å²) >= 11 is 3.55. The number of ether oxygens (including phenoxy) is 1. The maximum Gasteiger partial charge on any atom is 0.217 e. The summed E-state index contributed by atoms with van der Waals surface area (Å²) in [5.41, 5.74) is 12.9. The molecule has 1 saturated carbocycles. The average molecular weight is 355 g/mol. The second-order valence-corrected chi connectivity index (χ2v) is 6.90. The second-order valence-electron chi connectivity index (χ2n) is 6.05. The molecule has 0 saturated heterocycles. The number of hydrogen-bond donors (Lipinski definition) is 2. The molecule has 0 aromatic heterocycles. The Hall–Kier alpha value is -1.07. The fraction of sp³-hybridized carbons (Fsp3) is 0.562. The molecular weight excluding hydrogens is 332 g/mol. The van der Waals surface area contributed by atoms with Gasteiger partial charge in [0.2, 0.25) is 5.91 Å². The van der Waals surface area contributed by atoms with Gasteiger partial charge in [-0.2, -0.15) is 0 Å². The smallest absolute Gasteiger partial charge is 0.217 e. The van der Waals surface area contributed by atoms with Crippen LogP contribution in [0.4, 0.5) is 0 Å². The van der Waals surface area contributed by atoms with Crippen molar-refractivity contribution < 1.29 is 9.53 Å². The second kappa shape index (κ2) is 6.79. The minimum Gasteiger partial charge on any atom is -0.497 e. The Morgan fingerprint density at radius 2 is 2.10 bits per heavy atom. The number of hydrogen-bond acceptors (Lipinski definition) is 3. The topological polar surface area (TPSA) is 78.3 Å². The molecule has 1 atom stereocenters. The Balaban J connectivity index is 2.15. The molecule has 2 rings (SSSR count). The summed E-state index contributed by atoms with van der Waals surface area (Å²) in [4.78, 5) is 11.4. The summed E-state index contributed by atoms with van der Waals surface area (Å²) in [7, 11) is 1.64. The first-order valence-electron chi connectivity index (χ1n) is 7.33. The van der Waals surface area contributed by atoms with E-state index in [2.05, 4.69) is 15.9 Å². The molecule has 0 radical (unpaired) electrons. The molecule has 4 N–H and O–H groups in total. The first-order chi connectivity index (χ1) is 9.96. The van der Waals surface area contributed by atoms with Crippen LogP contribution in [0.3, 0.4) is 0 Å². The lowest BCUT2D eigenvalue weighted by Gasteiger charge is -2.31. The van der Waals surface area contributed by atoms with Crippen LogP contribution in [0.2, 0.25) is 0 Å². The summed E-state index contributed by atoms with van der Waals surface area (Å²) in [6.45, 7) is 0. The van der Waals surface area contributed by atoms with E-state index in [1.165, 1.54) is 0 Å². The molecule has 0 bridgehead atoms. The lowest BCUT2D eigenvalue weighted by molar-refractivity contribution is -0.120. The van der Waals surface area contributed by atoms with Crippen LogP contribution in [0.15, 0.2) is 22.7 Å². The third kappa shape index (κ3) is 3.98. The molecule has 21 heavy (non-hydrogen) atoms. The molecule has 5 heteroatoms. The van der Waals surface area contributed by atoms with Gasteiger partial charge >= 0.3 is 0 Å². The molecule has 1 aromatic rings. The van der Waals surface area contributed by atoms with Gasteiger partial charge in [0, 0.05) is 16.9 Å². The molecule has 1 aliphatic carbocycles. The average Bonchev–Trinajstić information content (AvgIpc) is 2.85. The van der Waals surface area contributed by atoms with Crippen molar-refractivity contribution in [2.24, 2.45) is 16.9 Å². The maximum atomic E-state index is 11.4. The summed E-state index contributed by atoms with van der Waals surface area (Å²) in [5.74, 6) is 0.573. The highest BCUT2D eigenvalue weighted by Crippen LogP contribution is 2.47. The number of amides is 1. The number of methoxy groups -OCH3 is 1. The number of carbonyl (C=O) groups excluding carboxylic acids is 1. The van der Waals surface area contributed by atoms with Crippen molar-refractivity contribution in [2.75, 3.05) is 7.11 Å². The van der Waals surface area contributed by atoms with E-state index in [0.717, 1.165) is 47.9 Å². The van der Waals surface area contributed by atoms with Crippen LogP contribution in [0.25, 0.3) is 0 Å². The van der Waals surface area contributed by atoms with Crippen molar-refractivity contribution in [3.63, 3.8) is 0 Å². The third-order valence-electron chi connectivity index (χ3n) is 4.47. The molecular formula is C16H23BrN2O2. The van der Waals surface area contributed by atoms with E-state index in [-0.39, 0.29) is 17.4 Å². The predicted molar refractivity (Wildman–Crippen MR) is 87.0 cm³/mol. The predicted octanol–water partition coefficient (Wildman–Crippen LogP) is 3.28. The molecule has 0 aliphatic heterocycles. The summed E-state index contributed by atoms with van der Waals surface area (Å²) < 4.78 is 6.15.